The van der Waals surface area contributed by atoms with Crippen molar-refractivity contribution in [1.82, 2.24) is 10.4 Å². The maximum atomic E-state index is 11.3. The number of fused-ring (bicyclic) bond motifs is 1. The Hall–Kier alpha value is -1.29. The van der Waals surface area contributed by atoms with Gasteiger partial charge in [-0.25, -0.2) is 10.2 Å². The lowest BCUT2D eigenvalue weighted by molar-refractivity contribution is -0.144. The SMILES string of the molecule is CCOC(=O)C1C=C2CC=CN2N1. The third kappa shape index (κ3) is 1.45. The molecule has 0 fully saturated rings. The number of hydrogen-bond donors (Lipinski definition) is 1. The fourth-order valence-electron chi connectivity index (χ4n) is 1.48. The number of esters is 1. The van der Waals surface area contributed by atoms with Gasteiger partial charge in [0.1, 0.15) is 6.04 Å². The standard InChI is InChI=1S/C9H12N2O2/c1-2-13-9(12)8-6-7-4-3-5-11(7)10-8/h3,5-6,8,10H,2,4H2,1H3. The van der Waals surface area contributed by atoms with Gasteiger partial charge in [0.15, 0.2) is 0 Å². The summed E-state index contributed by atoms with van der Waals surface area (Å²) < 4.78 is 4.89. The third-order valence-electron chi connectivity index (χ3n) is 2.07. The number of allylic oxidation sites excluding steroid dienone is 1. The lowest BCUT2D eigenvalue weighted by atomic mass is 10.2. The molecule has 0 radical (unpaired) electrons. The highest BCUT2D eigenvalue weighted by Crippen LogP contribution is 2.22. The summed E-state index contributed by atoms with van der Waals surface area (Å²) in [6.07, 6.45) is 6.76. The number of nitrogens with one attached hydrogen (secondary N) is 1. The van der Waals surface area contributed by atoms with Gasteiger partial charge in [-0.05, 0) is 13.0 Å². The molecule has 0 saturated carbocycles. The number of rotatable bonds is 2. The van der Waals surface area contributed by atoms with Crippen LogP contribution in [0.5, 0.6) is 0 Å². The van der Waals surface area contributed by atoms with Crippen LogP contribution >= 0.6 is 0 Å². The Kier molecular flexibility index (Phi) is 2.06. The number of carbonyl (C=O) groups is 1. The Labute approximate surface area is 76.8 Å². The molecular formula is C9H12N2O2. The van der Waals surface area contributed by atoms with Crippen LogP contribution < -0.4 is 5.43 Å². The number of hydrogen-bond acceptors (Lipinski definition) is 4. The van der Waals surface area contributed by atoms with Gasteiger partial charge in [-0.1, -0.05) is 6.08 Å². The van der Waals surface area contributed by atoms with Crippen LogP contribution in [0.4, 0.5) is 0 Å². The molecule has 0 aliphatic carbocycles. The van der Waals surface area contributed by atoms with E-state index in [4.69, 9.17) is 4.74 Å². The second kappa shape index (κ2) is 3.22. The molecular weight excluding hydrogens is 168 g/mol. The second-order valence-electron chi connectivity index (χ2n) is 2.98. The Bertz CT molecular complexity index is 283. The maximum Gasteiger partial charge on any atom is 0.329 e. The van der Waals surface area contributed by atoms with Crippen LogP contribution in [0.15, 0.2) is 24.0 Å². The second-order valence-corrected chi connectivity index (χ2v) is 2.98. The summed E-state index contributed by atoms with van der Waals surface area (Å²) in [6, 6.07) is -0.306. The summed E-state index contributed by atoms with van der Waals surface area (Å²) in [5, 5.41) is 1.86. The van der Waals surface area contributed by atoms with E-state index in [2.05, 4.69) is 5.43 Å². The first-order valence-electron chi connectivity index (χ1n) is 4.40. The molecule has 1 unspecified atom stereocenters. The van der Waals surface area contributed by atoms with Gasteiger partial charge in [-0.2, -0.15) is 0 Å². The van der Waals surface area contributed by atoms with Crippen LogP contribution in [-0.4, -0.2) is 23.6 Å². The first kappa shape index (κ1) is 8.31. The Morgan fingerprint density at radius 1 is 1.85 bits per heavy atom. The van der Waals surface area contributed by atoms with Crippen LogP contribution in [0.3, 0.4) is 0 Å². The van der Waals surface area contributed by atoms with Crippen molar-refractivity contribution in [2.24, 2.45) is 0 Å². The lowest BCUT2D eigenvalue weighted by Crippen LogP contribution is -2.38. The molecule has 0 aromatic carbocycles. The van der Waals surface area contributed by atoms with Gasteiger partial charge in [0, 0.05) is 18.3 Å². The highest BCUT2D eigenvalue weighted by Gasteiger charge is 2.28. The van der Waals surface area contributed by atoms with E-state index in [1.54, 1.807) is 6.92 Å². The molecule has 2 heterocycles. The summed E-state index contributed by atoms with van der Waals surface area (Å²) in [4.78, 5) is 11.3. The first-order chi connectivity index (χ1) is 6.31. The molecule has 0 aromatic rings. The Morgan fingerprint density at radius 3 is 3.38 bits per heavy atom. The summed E-state index contributed by atoms with van der Waals surface area (Å²) in [7, 11) is 0. The smallest absolute Gasteiger partial charge is 0.329 e. The summed E-state index contributed by atoms with van der Waals surface area (Å²) in [5.41, 5.74) is 4.14. The van der Waals surface area contributed by atoms with E-state index >= 15 is 0 Å². The minimum Gasteiger partial charge on any atom is -0.465 e. The lowest BCUT2D eigenvalue weighted by Gasteiger charge is -2.14. The average molecular weight is 180 g/mol. The molecule has 2 aliphatic rings. The van der Waals surface area contributed by atoms with Crippen molar-refractivity contribution in [1.29, 1.82) is 0 Å². The maximum absolute atomic E-state index is 11.3. The van der Waals surface area contributed by atoms with E-state index in [0.29, 0.717) is 6.61 Å². The van der Waals surface area contributed by atoms with Crippen molar-refractivity contribution >= 4 is 5.97 Å². The van der Waals surface area contributed by atoms with E-state index in [1.807, 2.05) is 23.4 Å². The summed E-state index contributed by atoms with van der Waals surface area (Å²) in [6.45, 7) is 2.23. The monoisotopic (exact) mass is 180 g/mol. The quantitative estimate of drug-likeness (QED) is 0.630. The molecule has 70 valence electrons. The van der Waals surface area contributed by atoms with Gasteiger partial charge in [0.05, 0.1) is 6.61 Å². The highest BCUT2D eigenvalue weighted by molar-refractivity contribution is 5.78. The number of hydrazine groups is 1. The zero-order chi connectivity index (χ0) is 9.26. The average Bonchev–Trinajstić information content (AvgIpc) is 2.61. The Balaban J connectivity index is 1.99. The number of ether oxygens (including phenoxy) is 1. The molecule has 0 saturated heterocycles. The zero-order valence-electron chi connectivity index (χ0n) is 7.49. The third-order valence-corrected chi connectivity index (χ3v) is 2.07. The topological polar surface area (TPSA) is 41.6 Å². The predicted molar refractivity (Wildman–Crippen MR) is 47.2 cm³/mol. The first-order valence-corrected chi connectivity index (χ1v) is 4.40. The van der Waals surface area contributed by atoms with Crippen molar-refractivity contribution in [3.8, 4) is 0 Å². The van der Waals surface area contributed by atoms with Crippen LogP contribution in [-0.2, 0) is 9.53 Å². The fourth-order valence-corrected chi connectivity index (χ4v) is 1.48. The van der Waals surface area contributed by atoms with Crippen LogP contribution in [0.1, 0.15) is 13.3 Å². The van der Waals surface area contributed by atoms with Gasteiger partial charge in [-0.3, -0.25) is 5.01 Å². The van der Waals surface area contributed by atoms with E-state index in [0.717, 1.165) is 12.1 Å². The molecule has 1 atom stereocenters. The van der Waals surface area contributed by atoms with E-state index in [1.165, 1.54) is 0 Å². The minimum absolute atomic E-state index is 0.210. The molecule has 2 rings (SSSR count). The van der Waals surface area contributed by atoms with Crippen molar-refractivity contribution in [3.05, 3.63) is 24.0 Å². The normalized spacial score (nSPS) is 24.5. The number of carbonyl (C=O) groups excluding carboxylic acids is 1. The molecule has 4 heteroatoms. The van der Waals surface area contributed by atoms with Crippen LogP contribution in [0.2, 0.25) is 0 Å². The van der Waals surface area contributed by atoms with Crippen molar-refractivity contribution < 1.29 is 9.53 Å². The highest BCUT2D eigenvalue weighted by atomic mass is 16.5. The van der Waals surface area contributed by atoms with Gasteiger partial charge in [0.2, 0.25) is 0 Å². The van der Waals surface area contributed by atoms with E-state index < -0.39 is 0 Å². The van der Waals surface area contributed by atoms with Crippen molar-refractivity contribution in [3.63, 3.8) is 0 Å². The number of nitrogens with zero attached hydrogens (tertiary/aromatic N) is 1. The zero-order valence-corrected chi connectivity index (χ0v) is 7.49. The van der Waals surface area contributed by atoms with Crippen LogP contribution in [0, 0.1) is 0 Å². The van der Waals surface area contributed by atoms with Gasteiger partial charge in [-0.15, -0.1) is 0 Å². The molecule has 0 amide bonds. The molecule has 4 nitrogen and oxygen atoms in total. The van der Waals surface area contributed by atoms with Gasteiger partial charge in [0.25, 0.3) is 0 Å². The largest absolute Gasteiger partial charge is 0.465 e. The van der Waals surface area contributed by atoms with Crippen molar-refractivity contribution in [2.75, 3.05) is 6.61 Å². The summed E-state index contributed by atoms with van der Waals surface area (Å²) in [5.74, 6) is -0.210. The van der Waals surface area contributed by atoms with Gasteiger partial charge >= 0.3 is 5.97 Å². The van der Waals surface area contributed by atoms with Crippen LogP contribution in [0.25, 0.3) is 0 Å². The van der Waals surface area contributed by atoms with E-state index in [9.17, 15) is 4.79 Å². The minimum atomic E-state index is -0.306. The molecule has 2 aliphatic heterocycles. The predicted octanol–water partition coefficient (Wildman–Crippen LogP) is 0.540. The Morgan fingerprint density at radius 2 is 2.69 bits per heavy atom. The van der Waals surface area contributed by atoms with Gasteiger partial charge < -0.3 is 4.74 Å². The molecule has 0 spiro atoms. The molecule has 1 N–H and O–H groups in total. The van der Waals surface area contributed by atoms with E-state index in [-0.39, 0.29) is 12.0 Å². The molecule has 0 bridgehead atoms. The molecule has 0 aromatic heterocycles. The fraction of sp³-hybridized carbons (Fsp3) is 0.444. The molecule has 13 heavy (non-hydrogen) atoms. The van der Waals surface area contributed by atoms with Crippen molar-refractivity contribution in [2.45, 2.75) is 19.4 Å². The summed E-state index contributed by atoms with van der Waals surface area (Å²) >= 11 is 0.